The molecule has 0 bridgehead atoms. The predicted molar refractivity (Wildman–Crippen MR) is 38.7 cm³/mol. The molecule has 62 valence electrons. The van der Waals surface area contributed by atoms with E-state index in [1.807, 2.05) is 6.92 Å². The molecular formula is C6H12N4O. The number of aromatic nitrogens is 4. The van der Waals surface area contributed by atoms with Gasteiger partial charge >= 0.3 is 0 Å². The molecular weight excluding hydrogens is 144 g/mol. The van der Waals surface area contributed by atoms with E-state index < -0.39 is 5.60 Å². The van der Waals surface area contributed by atoms with Crippen molar-refractivity contribution in [1.29, 1.82) is 0 Å². The Balaban J connectivity index is 3.02. The lowest BCUT2D eigenvalue weighted by atomic mass is 10.1. The molecule has 0 atom stereocenters. The number of rotatable bonds is 2. The smallest absolute Gasteiger partial charge is 0.182 e. The van der Waals surface area contributed by atoms with Gasteiger partial charge in [-0.25, -0.2) is 4.68 Å². The second-order valence-corrected chi connectivity index (χ2v) is 2.88. The minimum absolute atomic E-state index is 0.500. The minimum Gasteiger partial charge on any atom is -0.382 e. The molecule has 0 aliphatic heterocycles. The predicted octanol–water partition coefficient (Wildman–Crippen LogP) is -0.0796. The maximum atomic E-state index is 9.53. The first kappa shape index (κ1) is 8.13. The van der Waals surface area contributed by atoms with E-state index in [-0.39, 0.29) is 0 Å². The van der Waals surface area contributed by atoms with Crippen molar-refractivity contribution < 1.29 is 5.11 Å². The number of hydrogen-bond donors (Lipinski definition) is 1. The third-order valence-electron chi connectivity index (χ3n) is 1.38. The Morgan fingerprint density at radius 1 is 1.55 bits per heavy atom. The summed E-state index contributed by atoms with van der Waals surface area (Å²) >= 11 is 0. The normalized spacial score (nSPS) is 12.0. The molecule has 11 heavy (non-hydrogen) atoms. The Hall–Kier alpha value is -0.970. The van der Waals surface area contributed by atoms with Crippen molar-refractivity contribution in [2.75, 3.05) is 0 Å². The number of tetrazole rings is 1. The van der Waals surface area contributed by atoms with E-state index in [0.29, 0.717) is 12.4 Å². The first-order chi connectivity index (χ1) is 5.05. The molecule has 1 heterocycles. The van der Waals surface area contributed by atoms with E-state index in [1.54, 1.807) is 18.5 Å². The number of aliphatic hydroxyl groups is 1. The van der Waals surface area contributed by atoms with Crippen molar-refractivity contribution in [3.8, 4) is 0 Å². The highest BCUT2D eigenvalue weighted by molar-refractivity contribution is 4.93. The van der Waals surface area contributed by atoms with Crippen molar-refractivity contribution in [2.45, 2.75) is 32.9 Å². The zero-order chi connectivity index (χ0) is 8.48. The van der Waals surface area contributed by atoms with Gasteiger partial charge in [0.05, 0.1) is 0 Å². The maximum absolute atomic E-state index is 9.53. The van der Waals surface area contributed by atoms with Gasteiger partial charge in [-0.3, -0.25) is 0 Å². The summed E-state index contributed by atoms with van der Waals surface area (Å²) in [5, 5.41) is 20.4. The second-order valence-electron chi connectivity index (χ2n) is 2.88. The van der Waals surface area contributed by atoms with Gasteiger partial charge in [0, 0.05) is 6.54 Å². The number of nitrogens with zero attached hydrogens (tertiary/aromatic N) is 4. The summed E-state index contributed by atoms with van der Waals surface area (Å²) in [5.41, 5.74) is -0.959. The molecule has 0 unspecified atom stereocenters. The zero-order valence-corrected chi connectivity index (χ0v) is 6.94. The molecule has 0 saturated heterocycles. The van der Waals surface area contributed by atoms with Gasteiger partial charge in [-0.05, 0) is 31.2 Å². The Kier molecular flexibility index (Phi) is 1.90. The monoisotopic (exact) mass is 156 g/mol. The molecule has 1 aromatic rings. The van der Waals surface area contributed by atoms with Crippen molar-refractivity contribution in [1.82, 2.24) is 20.2 Å². The topological polar surface area (TPSA) is 63.8 Å². The summed E-state index contributed by atoms with van der Waals surface area (Å²) in [4.78, 5) is 0. The summed E-state index contributed by atoms with van der Waals surface area (Å²) in [6.07, 6.45) is 0. The van der Waals surface area contributed by atoms with Crippen LogP contribution in [0.4, 0.5) is 0 Å². The van der Waals surface area contributed by atoms with Gasteiger partial charge in [-0.2, -0.15) is 0 Å². The molecule has 1 rings (SSSR count). The van der Waals surface area contributed by atoms with E-state index >= 15 is 0 Å². The fraction of sp³-hybridized carbons (Fsp3) is 0.833. The van der Waals surface area contributed by atoms with E-state index in [0.717, 1.165) is 0 Å². The van der Waals surface area contributed by atoms with Crippen LogP contribution in [-0.4, -0.2) is 25.3 Å². The maximum Gasteiger partial charge on any atom is 0.182 e. The summed E-state index contributed by atoms with van der Waals surface area (Å²) in [5.74, 6) is 0.500. The van der Waals surface area contributed by atoms with Crippen LogP contribution in [0.3, 0.4) is 0 Å². The fourth-order valence-corrected chi connectivity index (χ4v) is 0.856. The van der Waals surface area contributed by atoms with E-state index in [1.165, 1.54) is 0 Å². The van der Waals surface area contributed by atoms with Gasteiger partial charge < -0.3 is 5.11 Å². The number of hydrogen-bond acceptors (Lipinski definition) is 4. The molecule has 1 aromatic heterocycles. The molecule has 0 spiro atoms. The quantitative estimate of drug-likeness (QED) is 0.650. The van der Waals surface area contributed by atoms with Crippen LogP contribution in [-0.2, 0) is 12.1 Å². The van der Waals surface area contributed by atoms with Gasteiger partial charge in [0.1, 0.15) is 5.60 Å². The van der Waals surface area contributed by atoms with Gasteiger partial charge in [0.2, 0.25) is 0 Å². The van der Waals surface area contributed by atoms with Crippen LogP contribution in [0.2, 0.25) is 0 Å². The van der Waals surface area contributed by atoms with E-state index in [4.69, 9.17) is 0 Å². The molecule has 1 N–H and O–H groups in total. The zero-order valence-electron chi connectivity index (χ0n) is 6.94. The molecule has 0 saturated carbocycles. The standard InChI is InChI=1S/C6H12N4O/c1-4-10-5(6(2,3)11)7-8-9-10/h11H,4H2,1-3H3. The third-order valence-corrected chi connectivity index (χ3v) is 1.38. The molecule has 0 amide bonds. The van der Waals surface area contributed by atoms with Crippen LogP contribution in [0.5, 0.6) is 0 Å². The molecule has 0 aliphatic rings. The van der Waals surface area contributed by atoms with E-state index in [2.05, 4.69) is 15.5 Å². The summed E-state index contributed by atoms with van der Waals surface area (Å²) < 4.78 is 1.57. The van der Waals surface area contributed by atoms with Crippen LogP contribution in [0, 0.1) is 0 Å². The molecule has 5 nitrogen and oxygen atoms in total. The third kappa shape index (κ3) is 1.54. The molecule has 0 aromatic carbocycles. The van der Waals surface area contributed by atoms with Gasteiger partial charge in [-0.1, -0.05) is 0 Å². The van der Waals surface area contributed by atoms with Crippen LogP contribution >= 0.6 is 0 Å². The number of aryl methyl sites for hydroxylation is 1. The summed E-state index contributed by atoms with van der Waals surface area (Å²) in [6, 6.07) is 0. The average Bonchev–Trinajstić information content (AvgIpc) is 2.31. The first-order valence-electron chi connectivity index (χ1n) is 3.54. The van der Waals surface area contributed by atoms with E-state index in [9.17, 15) is 5.11 Å². The highest BCUT2D eigenvalue weighted by atomic mass is 16.3. The van der Waals surface area contributed by atoms with Crippen LogP contribution in [0.15, 0.2) is 0 Å². The molecule has 0 radical (unpaired) electrons. The van der Waals surface area contributed by atoms with Crippen LogP contribution < -0.4 is 0 Å². The molecule has 0 fully saturated rings. The fourth-order valence-electron chi connectivity index (χ4n) is 0.856. The lowest BCUT2D eigenvalue weighted by Gasteiger charge is -2.14. The largest absolute Gasteiger partial charge is 0.382 e. The summed E-state index contributed by atoms with van der Waals surface area (Å²) in [6.45, 7) is 5.91. The van der Waals surface area contributed by atoms with Gasteiger partial charge in [0.25, 0.3) is 0 Å². The average molecular weight is 156 g/mol. The minimum atomic E-state index is -0.959. The Morgan fingerprint density at radius 2 is 2.18 bits per heavy atom. The lowest BCUT2D eigenvalue weighted by Crippen LogP contribution is -2.22. The molecule has 0 aliphatic carbocycles. The lowest BCUT2D eigenvalue weighted by molar-refractivity contribution is 0.0635. The van der Waals surface area contributed by atoms with Crippen molar-refractivity contribution in [3.63, 3.8) is 0 Å². The Labute approximate surface area is 65.0 Å². The Bertz CT molecular complexity index is 237. The van der Waals surface area contributed by atoms with Crippen molar-refractivity contribution in [2.24, 2.45) is 0 Å². The Morgan fingerprint density at radius 3 is 2.55 bits per heavy atom. The highest BCUT2D eigenvalue weighted by Gasteiger charge is 2.23. The highest BCUT2D eigenvalue weighted by Crippen LogP contribution is 2.14. The van der Waals surface area contributed by atoms with Crippen molar-refractivity contribution in [3.05, 3.63) is 5.82 Å². The second kappa shape index (κ2) is 2.58. The van der Waals surface area contributed by atoms with Gasteiger partial charge in [0.15, 0.2) is 5.82 Å². The van der Waals surface area contributed by atoms with Crippen LogP contribution in [0.1, 0.15) is 26.6 Å². The van der Waals surface area contributed by atoms with Crippen LogP contribution in [0.25, 0.3) is 0 Å². The van der Waals surface area contributed by atoms with Gasteiger partial charge in [-0.15, -0.1) is 5.10 Å². The SMILES string of the molecule is CCn1nnnc1C(C)(C)O. The molecule has 5 heteroatoms. The summed E-state index contributed by atoms with van der Waals surface area (Å²) in [7, 11) is 0. The van der Waals surface area contributed by atoms with Crippen molar-refractivity contribution >= 4 is 0 Å². The first-order valence-corrected chi connectivity index (χ1v) is 3.54.